The summed E-state index contributed by atoms with van der Waals surface area (Å²) < 4.78 is 0. The zero-order valence-electron chi connectivity index (χ0n) is 21.5. The number of nitrogens with zero attached hydrogens (tertiary/aromatic N) is 4. The average molecular weight is 507 g/mol. The number of rotatable bonds is 1. The fourth-order valence-corrected chi connectivity index (χ4v) is 3.28. The van der Waals surface area contributed by atoms with E-state index in [1.807, 2.05) is 0 Å². The Bertz CT molecular complexity index is 1300. The fourth-order valence-electron chi connectivity index (χ4n) is 3.28. The van der Waals surface area contributed by atoms with Gasteiger partial charge in [-0.15, -0.1) is 0 Å². The van der Waals surface area contributed by atoms with Gasteiger partial charge in [0.1, 0.15) is 23.0 Å². The quantitative estimate of drug-likeness (QED) is 0.452. The standard InChI is InChI=1S/C25H30N8O4/c1-13(2)20-23(36)32-30-14(3)16-9-7-10-17(26-16)15(4)31-33-24(37)25(5,6)29-22(35)19-12-8-11-18(27-19)21(34)28-20/h7-13,20H,1-6H3,(H,28,34)(H,29,35)(H,32,36)(H,33,37)/b30-14-,31-15-. The van der Waals surface area contributed by atoms with Crippen molar-refractivity contribution in [2.24, 2.45) is 16.1 Å². The first-order valence-electron chi connectivity index (χ1n) is 11.7. The van der Waals surface area contributed by atoms with Crippen LogP contribution in [0.4, 0.5) is 0 Å². The zero-order chi connectivity index (χ0) is 27.3. The molecule has 2 aromatic rings. The van der Waals surface area contributed by atoms with Gasteiger partial charge in [-0.25, -0.2) is 20.8 Å². The molecule has 3 rings (SSSR count). The topological polar surface area (TPSA) is 167 Å². The largest absolute Gasteiger partial charge is 0.339 e. The Balaban J connectivity index is 2.04. The third-order valence-electron chi connectivity index (χ3n) is 5.59. The molecule has 1 atom stereocenters. The number of hydrogen-bond acceptors (Lipinski definition) is 8. The summed E-state index contributed by atoms with van der Waals surface area (Å²) in [6.07, 6.45) is 0. The molecule has 0 aliphatic carbocycles. The Hall–Kier alpha value is -4.48. The molecule has 4 amide bonds. The van der Waals surface area contributed by atoms with Gasteiger partial charge in [0.05, 0.1) is 22.8 Å². The van der Waals surface area contributed by atoms with Crippen LogP contribution in [0.1, 0.15) is 73.9 Å². The number of fused-ring (bicyclic) bond motifs is 4. The van der Waals surface area contributed by atoms with Crippen LogP contribution in [0.15, 0.2) is 46.6 Å². The number of pyridine rings is 2. The second-order valence-electron chi connectivity index (χ2n) is 9.40. The highest BCUT2D eigenvalue weighted by atomic mass is 16.2. The normalized spacial score (nSPS) is 21.9. The Morgan fingerprint density at radius 2 is 1.24 bits per heavy atom. The molecule has 194 valence electrons. The lowest BCUT2D eigenvalue weighted by atomic mass is 10.0. The molecule has 12 nitrogen and oxygen atoms in total. The summed E-state index contributed by atoms with van der Waals surface area (Å²) in [6.45, 7) is 9.92. The van der Waals surface area contributed by atoms with Crippen molar-refractivity contribution in [3.05, 3.63) is 59.2 Å². The van der Waals surface area contributed by atoms with Crippen molar-refractivity contribution >= 4 is 35.1 Å². The van der Waals surface area contributed by atoms with Gasteiger partial charge in [-0.05, 0) is 57.9 Å². The average Bonchev–Trinajstić information content (AvgIpc) is 2.87. The Morgan fingerprint density at radius 1 is 0.757 bits per heavy atom. The summed E-state index contributed by atoms with van der Waals surface area (Å²) in [6, 6.07) is 8.56. The van der Waals surface area contributed by atoms with Crippen molar-refractivity contribution < 1.29 is 19.2 Å². The monoisotopic (exact) mass is 506 g/mol. The van der Waals surface area contributed by atoms with Crippen LogP contribution < -0.4 is 21.5 Å². The van der Waals surface area contributed by atoms with E-state index < -0.39 is 35.2 Å². The van der Waals surface area contributed by atoms with Gasteiger partial charge >= 0.3 is 0 Å². The maximum absolute atomic E-state index is 12.9. The molecule has 0 saturated heterocycles. The van der Waals surface area contributed by atoms with Crippen LogP contribution in [-0.2, 0) is 9.59 Å². The van der Waals surface area contributed by atoms with Crippen molar-refractivity contribution in [2.45, 2.75) is 53.1 Å². The lowest BCUT2D eigenvalue weighted by Gasteiger charge is -2.24. The Kier molecular flexibility index (Phi) is 8.11. The van der Waals surface area contributed by atoms with Crippen LogP contribution in [0.5, 0.6) is 0 Å². The SMILES string of the molecule is C/C1=N/NC(=O)C(C(C)C)NC(=O)c2cccc(n2)C(=O)NC(C)(C)C(=O)N/N=C(/C)c2cccc1n2. The van der Waals surface area contributed by atoms with E-state index in [0.717, 1.165) is 0 Å². The molecule has 4 bridgehead atoms. The first kappa shape index (κ1) is 27.1. The molecular weight excluding hydrogens is 476 g/mol. The minimum absolute atomic E-state index is 0.0660. The number of amides is 4. The van der Waals surface area contributed by atoms with Crippen LogP contribution in [0.2, 0.25) is 0 Å². The highest BCUT2D eigenvalue weighted by Gasteiger charge is 2.31. The molecule has 2 aromatic heterocycles. The Morgan fingerprint density at radius 3 is 1.81 bits per heavy atom. The fraction of sp³-hybridized carbons (Fsp3) is 0.360. The smallest absolute Gasteiger partial charge is 0.270 e. The molecule has 1 unspecified atom stereocenters. The van der Waals surface area contributed by atoms with Crippen LogP contribution in [0.25, 0.3) is 0 Å². The summed E-state index contributed by atoms with van der Waals surface area (Å²) >= 11 is 0. The first-order chi connectivity index (χ1) is 17.4. The van der Waals surface area contributed by atoms with Crippen LogP contribution >= 0.6 is 0 Å². The summed E-state index contributed by atoms with van der Waals surface area (Å²) in [5.74, 6) is -2.68. The van der Waals surface area contributed by atoms with Gasteiger partial charge < -0.3 is 10.6 Å². The molecule has 1 aliphatic rings. The molecular formula is C25H30N8O4. The number of hydrazone groups is 2. The van der Waals surface area contributed by atoms with Crippen molar-refractivity contribution in [2.75, 3.05) is 0 Å². The third kappa shape index (κ3) is 6.60. The second kappa shape index (κ2) is 11.1. The summed E-state index contributed by atoms with van der Waals surface area (Å²) in [7, 11) is 0. The van der Waals surface area contributed by atoms with Crippen molar-refractivity contribution in [3.8, 4) is 0 Å². The van der Waals surface area contributed by atoms with Gasteiger partial charge in [0.25, 0.3) is 23.6 Å². The first-order valence-corrected chi connectivity index (χ1v) is 11.7. The second-order valence-corrected chi connectivity index (χ2v) is 9.40. The van der Waals surface area contributed by atoms with E-state index in [2.05, 4.69) is 41.7 Å². The molecule has 0 spiro atoms. The predicted molar refractivity (Wildman–Crippen MR) is 137 cm³/mol. The van der Waals surface area contributed by atoms with E-state index in [1.165, 1.54) is 32.0 Å². The molecule has 0 fully saturated rings. The number of aromatic nitrogens is 2. The van der Waals surface area contributed by atoms with Gasteiger partial charge in [0, 0.05) is 0 Å². The predicted octanol–water partition coefficient (Wildman–Crippen LogP) is 1.13. The van der Waals surface area contributed by atoms with E-state index in [1.54, 1.807) is 45.9 Å². The van der Waals surface area contributed by atoms with Gasteiger partial charge in [-0.1, -0.05) is 26.0 Å². The van der Waals surface area contributed by atoms with Crippen molar-refractivity contribution in [3.63, 3.8) is 0 Å². The zero-order valence-corrected chi connectivity index (χ0v) is 21.5. The Labute approximate surface area is 214 Å². The van der Waals surface area contributed by atoms with E-state index in [0.29, 0.717) is 22.8 Å². The molecule has 37 heavy (non-hydrogen) atoms. The lowest BCUT2D eigenvalue weighted by Crippen LogP contribution is -2.54. The number of carbonyl (C=O) groups is 4. The highest BCUT2D eigenvalue weighted by molar-refractivity contribution is 6.03. The molecule has 0 radical (unpaired) electrons. The molecule has 4 N–H and O–H groups in total. The van der Waals surface area contributed by atoms with Crippen LogP contribution in [-0.4, -0.2) is 56.6 Å². The van der Waals surface area contributed by atoms with Gasteiger partial charge in [0.2, 0.25) is 0 Å². The van der Waals surface area contributed by atoms with E-state index >= 15 is 0 Å². The van der Waals surface area contributed by atoms with Crippen LogP contribution in [0, 0.1) is 5.92 Å². The van der Waals surface area contributed by atoms with Gasteiger partial charge in [0.15, 0.2) is 0 Å². The number of hydrogen-bond donors (Lipinski definition) is 4. The minimum atomic E-state index is -1.36. The van der Waals surface area contributed by atoms with E-state index in [-0.39, 0.29) is 17.3 Å². The molecule has 0 saturated carbocycles. The number of carbonyl (C=O) groups excluding carboxylic acids is 4. The van der Waals surface area contributed by atoms with Crippen LogP contribution in [0.3, 0.4) is 0 Å². The summed E-state index contributed by atoms with van der Waals surface area (Å²) in [5, 5.41) is 13.5. The van der Waals surface area contributed by atoms with E-state index in [4.69, 9.17) is 0 Å². The van der Waals surface area contributed by atoms with Gasteiger partial charge in [-0.3, -0.25) is 19.2 Å². The molecule has 0 aromatic carbocycles. The van der Waals surface area contributed by atoms with Crippen molar-refractivity contribution in [1.29, 1.82) is 0 Å². The summed E-state index contributed by atoms with van der Waals surface area (Å²) in [4.78, 5) is 60.0. The summed E-state index contributed by atoms with van der Waals surface area (Å²) in [5.41, 5.74) is 5.22. The van der Waals surface area contributed by atoms with Crippen molar-refractivity contribution in [1.82, 2.24) is 31.5 Å². The molecule has 12 heteroatoms. The maximum atomic E-state index is 12.9. The van der Waals surface area contributed by atoms with E-state index in [9.17, 15) is 19.2 Å². The third-order valence-corrected chi connectivity index (χ3v) is 5.59. The van der Waals surface area contributed by atoms with Gasteiger partial charge in [-0.2, -0.15) is 10.2 Å². The maximum Gasteiger partial charge on any atom is 0.270 e. The molecule has 1 aliphatic heterocycles. The highest BCUT2D eigenvalue weighted by Crippen LogP contribution is 2.09. The minimum Gasteiger partial charge on any atom is -0.339 e. The lowest BCUT2D eigenvalue weighted by molar-refractivity contribution is -0.126. The molecule has 3 heterocycles. The number of nitrogens with one attached hydrogen (secondary N) is 4.